The number of aliphatic hydroxyl groups excluding tert-OH is 1. The fourth-order valence-electron chi connectivity index (χ4n) is 7.11. The lowest BCUT2D eigenvalue weighted by Gasteiger charge is -2.35. The number of carboxylic acids is 1. The zero-order chi connectivity index (χ0) is 41.0. The van der Waals surface area contributed by atoms with E-state index >= 15 is 0 Å². The van der Waals surface area contributed by atoms with Gasteiger partial charge in [-0.3, -0.25) is 24.0 Å². The number of benzene rings is 3. The number of aromatic nitrogens is 3. The highest BCUT2D eigenvalue weighted by atomic mass is 16.5. The summed E-state index contributed by atoms with van der Waals surface area (Å²) >= 11 is 0. The van der Waals surface area contributed by atoms with Crippen LogP contribution in [0.1, 0.15) is 48.6 Å². The van der Waals surface area contributed by atoms with Gasteiger partial charge in [0.25, 0.3) is 0 Å². The third-order valence-corrected chi connectivity index (χ3v) is 10.5. The van der Waals surface area contributed by atoms with Gasteiger partial charge in [-0.05, 0) is 74.2 Å². The van der Waals surface area contributed by atoms with E-state index in [1.807, 2.05) is 48.7 Å². The molecule has 4 aromatic rings. The van der Waals surface area contributed by atoms with Crippen molar-refractivity contribution in [2.45, 2.75) is 95.0 Å². The minimum absolute atomic E-state index is 0.00376. The van der Waals surface area contributed by atoms with Crippen LogP contribution in [-0.4, -0.2) is 110 Å². The summed E-state index contributed by atoms with van der Waals surface area (Å²) in [5.74, 6) is -1.48. The quantitative estimate of drug-likeness (QED) is 0.165. The number of hydrogen-bond acceptors (Lipinski definition) is 11. The molecule has 9 rings (SSSR count). The molecule has 5 aliphatic heterocycles. The van der Waals surface area contributed by atoms with Gasteiger partial charge in [0.2, 0.25) is 17.7 Å². The van der Waals surface area contributed by atoms with Crippen LogP contribution in [0.15, 0.2) is 85.1 Å². The van der Waals surface area contributed by atoms with Crippen molar-refractivity contribution in [3.63, 3.8) is 0 Å². The van der Waals surface area contributed by atoms with Crippen LogP contribution in [-0.2, 0) is 51.6 Å². The number of carboxylic acid groups (broad SMARTS) is 1. The zero-order valence-electron chi connectivity index (χ0n) is 32.8. The Labute approximate surface area is 337 Å². The van der Waals surface area contributed by atoms with Gasteiger partial charge >= 0.3 is 5.97 Å². The van der Waals surface area contributed by atoms with Crippen LogP contribution in [0.5, 0.6) is 11.5 Å². The number of aliphatic hydroxyl groups is 1. The molecule has 1 saturated heterocycles. The maximum absolute atomic E-state index is 14.1. The van der Waals surface area contributed by atoms with Crippen molar-refractivity contribution < 1.29 is 38.9 Å². The summed E-state index contributed by atoms with van der Waals surface area (Å²) in [6.07, 6.45) is 2.52. The van der Waals surface area contributed by atoms with Crippen molar-refractivity contribution in [3.05, 3.63) is 107 Å². The molecule has 6 heterocycles. The minimum atomic E-state index is -1.29. The van der Waals surface area contributed by atoms with Crippen molar-refractivity contribution in [1.82, 2.24) is 41.2 Å². The average molecular weight is 797 g/mol. The van der Waals surface area contributed by atoms with Gasteiger partial charge in [-0.15, -0.1) is 5.10 Å². The molecule has 5 aliphatic rings. The molecule has 58 heavy (non-hydrogen) atoms. The zero-order valence-corrected chi connectivity index (χ0v) is 32.8. The molecule has 16 nitrogen and oxygen atoms in total. The number of aryl methyl sites for hydroxylation is 1. The fraction of sp³-hybridized carbons (Fsp3) is 0.429. The molecule has 0 saturated carbocycles. The van der Waals surface area contributed by atoms with E-state index in [0.29, 0.717) is 61.7 Å². The van der Waals surface area contributed by atoms with E-state index in [-0.39, 0.29) is 31.8 Å². The third kappa shape index (κ3) is 11.4. The number of aliphatic carboxylic acids is 1. The Morgan fingerprint density at radius 1 is 0.897 bits per heavy atom. The highest BCUT2D eigenvalue weighted by Gasteiger charge is 2.40. The summed E-state index contributed by atoms with van der Waals surface area (Å²) in [5.41, 5.74) is 2.90. The summed E-state index contributed by atoms with van der Waals surface area (Å²) in [4.78, 5) is 55.4. The molecule has 3 amide bonds. The van der Waals surface area contributed by atoms with Gasteiger partial charge in [0, 0.05) is 32.4 Å². The number of hydrogen-bond donors (Lipinski definition) is 6. The summed E-state index contributed by atoms with van der Waals surface area (Å²) in [6, 6.07) is 18.9. The predicted octanol–water partition coefficient (Wildman–Crippen LogP) is 1.60. The van der Waals surface area contributed by atoms with Crippen LogP contribution >= 0.6 is 0 Å². The topological polar surface area (TPSA) is 209 Å². The Bertz CT molecular complexity index is 1980. The van der Waals surface area contributed by atoms with Crippen molar-refractivity contribution in [3.8, 4) is 11.5 Å². The van der Waals surface area contributed by atoms with Crippen LogP contribution < -0.4 is 30.7 Å². The Morgan fingerprint density at radius 3 is 2.28 bits per heavy atom. The standard InChI is InChI=1S/C42H52N8O8/c1-27(43-2)38(51)45-35-23-29-13-17-33(18-14-29)58-26-31-25-49(48-47-31)19-7-21-57-32-15-11-30(12-16-32)24-36(42(55)56)46-39(52)34(22-28-8-4-3-5-9-28)44-40(53)37-10-6-20-50(37)41(35)54/h3-5,8-9,11-18,25,27,34-37,41,43,54H,6-7,10,19-24,26H2,1-2H3,(H,44,53)(H,45,51)(H,46,52)(H,55,56)/t27-,34-,35+,36-,37-,41?/m0/s1. The largest absolute Gasteiger partial charge is 0.494 e. The van der Waals surface area contributed by atoms with Gasteiger partial charge in [0.15, 0.2) is 0 Å². The lowest BCUT2D eigenvalue weighted by atomic mass is 10.0. The number of nitrogens with one attached hydrogen (secondary N) is 4. The van der Waals surface area contributed by atoms with Crippen LogP contribution in [0.4, 0.5) is 0 Å². The monoisotopic (exact) mass is 796 g/mol. The Morgan fingerprint density at radius 2 is 1.59 bits per heavy atom. The molecule has 0 aliphatic carbocycles. The molecule has 1 aromatic heterocycles. The molecule has 308 valence electrons. The lowest BCUT2D eigenvalue weighted by Crippen LogP contribution is -2.60. The first-order chi connectivity index (χ1) is 28.1. The highest BCUT2D eigenvalue weighted by molar-refractivity contribution is 5.92. The Kier molecular flexibility index (Phi) is 14.4. The molecule has 3 aromatic carbocycles. The maximum atomic E-state index is 14.1. The summed E-state index contributed by atoms with van der Waals surface area (Å²) < 4.78 is 13.6. The second-order valence-electron chi connectivity index (χ2n) is 14.7. The second-order valence-corrected chi connectivity index (χ2v) is 14.7. The molecule has 1 fully saturated rings. The first kappa shape index (κ1) is 41.8. The van der Waals surface area contributed by atoms with Crippen LogP contribution in [0.25, 0.3) is 0 Å². The Balaban J connectivity index is 1.27. The van der Waals surface area contributed by atoms with E-state index in [0.717, 1.165) is 11.1 Å². The van der Waals surface area contributed by atoms with Crippen molar-refractivity contribution in [2.75, 3.05) is 20.2 Å². The molecular weight excluding hydrogens is 745 g/mol. The van der Waals surface area contributed by atoms with Crippen molar-refractivity contribution in [1.29, 1.82) is 0 Å². The van der Waals surface area contributed by atoms with Gasteiger partial charge in [-0.1, -0.05) is 59.8 Å². The first-order valence-corrected chi connectivity index (χ1v) is 19.7. The summed E-state index contributed by atoms with van der Waals surface area (Å²) in [6.45, 7) is 3.26. The SMILES string of the molecule is CN[C@@H](C)C(=O)N[C@@H]1Cc2ccc(cc2)OCc2cn(nn2)CCCOc2ccc(cc2)C[C@@H](C(=O)O)NC(=O)[C@H](Cc2ccccc2)NC(=O)[C@@H]2CCCN2C1O. The molecule has 6 atom stereocenters. The van der Waals surface area contributed by atoms with E-state index in [2.05, 4.69) is 31.6 Å². The van der Waals surface area contributed by atoms with Gasteiger partial charge in [-0.2, -0.15) is 0 Å². The summed E-state index contributed by atoms with van der Waals surface area (Å²) in [5, 5.41) is 42.0. The van der Waals surface area contributed by atoms with Gasteiger partial charge in [0.1, 0.15) is 42.1 Å². The normalized spacial score (nSPS) is 23.1. The number of carbonyl (C=O) groups excluding carboxylic acids is 3. The molecule has 0 spiro atoms. The molecular formula is C42H52N8O8. The number of ether oxygens (including phenoxy) is 2. The Hall–Kier alpha value is -5.84. The number of amides is 3. The first-order valence-electron chi connectivity index (χ1n) is 19.7. The number of likely N-dealkylation sites (N-methyl/N-ethyl adjacent to an activating group) is 1. The molecule has 0 radical (unpaired) electrons. The number of carbonyl (C=O) groups is 4. The number of rotatable bonds is 6. The van der Waals surface area contributed by atoms with E-state index in [1.54, 1.807) is 60.0 Å². The maximum Gasteiger partial charge on any atom is 0.326 e. The lowest BCUT2D eigenvalue weighted by molar-refractivity contribution is -0.142. The van der Waals surface area contributed by atoms with Gasteiger partial charge in [0.05, 0.1) is 30.9 Å². The van der Waals surface area contributed by atoms with Gasteiger partial charge < -0.3 is 41.0 Å². The highest BCUT2D eigenvalue weighted by Crippen LogP contribution is 2.24. The molecule has 6 N–H and O–H groups in total. The third-order valence-electron chi connectivity index (χ3n) is 10.5. The average Bonchev–Trinajstić information content (AvgIpc) is 3.92. The van der Waals surface area contributed by atoms with E-state index in [1.165, 1.54) is 0 Å². The van der Waals surface area contributed by atoms with Gasteiger partial charge in [-0.25, -0.2) is 4.79 Å². The number of nitrogens with zero attached hydrogens (tertiary/aromatic N) is 4. The van der Waals surface area contributed by atoms with E-state index in [9.17, 15) is 29.4 Å². The van der Waals surface area contributed by atoms with Crippen molar-refractivity contribution in [2.24, 2.45) is 0 Å². The van der Waals surface area contributed by atoms with Crippen LogP contribution in [0.2, 0.25) is 0 Å². The molecule has 1 unspecified atom stereocenters. The predicted molar refractivity (Wildman–Crippen MR) is 213 cm³/mol. The van der Waals surface area contributed by atoms with Crippen molar-refractivity contribution >= 4 is 23.7 Å². The minimum Gasteiger partial charge on any atom is -0.494 e. The van der Waals surface area contributed by atoms with E-state index < -0.39 is 54.2 Å². The molecule has 16 heteroatoms. The van der Waals surface area contributed by atoms with Crippen LogP contribution in [0, 0.1) is 0 Å². The molecule has 6 bridgehead atoms. The van der Waals surface area contributed by atoms with E-state index in [4.69, 9.17) is 9.47 Å². The fourth-order valence-corrected chi connectivity index (χ4v) is 7.11. The second kappa shape index (κ2) is 20.0. The van der Waals surface area contributed by atoms with Crippen LogP contribution in [0.3, 0.4) is 0 Å². The summed E-state index contributed by atoms with van der Waals surface area (Å²) in [7, 11) is 1.67. The smallest absolute Gasteiger partial charge is 0.326 e.